The summed E-state index contributed by atoms with van der Waals surface area (Å²) >= 11 is 5.65. The number of carbonyl (C=O) groups excluding carboxylic acids is 3. The Hall–Kier alpha value is -2.73. The molecule has 1 amide bonds. The number of aromatic nitrogens is 1. The van der Waals surface area contributed by atoms with E-state index in [0.29, 0.717) is 11.3 Å². The Bertz CT molecular complexity index is 833. The molecular weight excluding hydrogens is 332 g/mol. The predicted octanol–water partition coefficient (Wildman–Crippen LogP) is 2.83. The van der Waals surface area contributed by atoms with E-state index in [1.54, 1.807) is 25.1 Å². The lowest BCUT2D eigenvalue weighted by Gasteiger charge is -2.07. The number of benzene rings is 1. The number of hydrogen-bond donors (Lipinski definition) is 1. The van der Waals surface area contributed by atoms with Gasteiger partial charge in [0.2, 0.25) is 5.91 Å². The lowest BCUT2D eigenvalue weighted by molar-refractivity contribution is -0.116. The Morgan fingerprint density at radius 1 is 1.25 bits per heavy atom. The third kappa shape index (κ3) is 3.14. The molecule has 0 spiro atoms. The van der Waals surface area contributed by atoms with Gasteiger partial charge in [-0.1, -0.05) is 11.6 Å². The van der Waals surface area contributed by atoms with Crippen molar-refractivity contribution in [1.29, 1.82) is 0 Å². The minimum Gasteiger partial charge on any atom is -0.454 e. The first kappa shape index (κ1) is 16.1. The summed E-state index contributed by atoms with van der Waals surface area (Å²) < 4.78 is 5.00. The number of carbonyl (C=O) groups is 3. The number of amides is 1. The van der Waals surface area contributed by atoms with Gasteiger partial charge in [-0.15, -0.1) is 0 Å². The third-order valence-electron chi connectivity index (χ3n) is 3.79. The van der Waals surface area contributed by atoms with Crippen LogP contribution in [0.1, 0.15) is 39.1 Å². The van der Waals surface area contributed by atoms with E-state index in [1.807, 2.05) is 0 Å². The van der Waals surface area contributed by atoms with Crippen LogP contribution in [0.2, 0.25) is 5.15 Å². The van der Waals surface area contributed by atoms with E-state index in [9.17, 15) is 14.4 Å². The van der Waals surface area contributed by atoms with Crippen LogP contribution >= 0.6 is 11.6 Å². The molecule has 0 bridgehead atoms. The number of rotatable bonds is 4. The molecule has 2 heterocycles. The molecule has 7 heteroatoms. The van der Waals surface area contributed by atoms with Crippen molar-refractivity contribution >= 4 is 34.9 Å². The van der Waals surface area contributed by atoms with Crippen molar-refractivity contribution in [3.05, 3.63) is 58.4 Å². The summed E-state index contributed by atoms with van der Waals surface area (Å²) in [6, 6.07) is 7.85. The Morgan fingerprint density at radius 2 is 2.00 bits per heavy atom. The Labute approximate surface area is 142 Å². The van der Waals surface area contributed by atoms with Crippen LogP contribution in [0.5, 0.6) is 0 Å². The molecule has 122 valence electrons. The van der Waals surface area contributed by atoms with Crippen molar-refractivity contribution < 1.29 is 19.1 Å². The van der Waals surface area contributed by atoms with E-state index in [2.05, 4.69) is 10.3 Å². The highest BCUT2D eigenvalue weighted by atomic mass is 35.5. The van der Waals surface area contributed by atoms with Gasteiger partial charge in [0.25, 0.3) is 0 Å². The van der Waals surface area contributed by atoms with E-state index >= 15 is 0 Å². The van der Waals surface area contributed by atoms with Crippen LogP contribution in [-0.4, -0.2) is 29.3 Å². The summed E-state index contributed by atoms with van der Waals surface area (Å²) in [6.07, 6.45) is 1.28. The van der Waals surface area contributed by atoms with Gasteiger partial charge in [-0.3, -0.25) is 9.59 Å². The summed E-state index contributed by atoms with van der Waals surface area (Å²) in [5.74, 6) is -1.41. The summed E-state index contributed by atoms with van der Waals surface area (Å²) in [4.78, 5) is 39.5. The van der Waals surface area contributed by atoms with Crippen molar-refractivity contribution in [3.8, 4) is 0 Å². The van der Waals surface area contributed by atoms with Crippen molar-refractivity contribution in [2.24, 2.45) is 0 Å². The topological polar surface area (TPSA) is 85.4 Å². The molecule has 3 rings (SSSR count). The zero-order valence-corrected chi connectivity index (χ0v) is 13.5. The number of pyridine rings is 1. The Balaban J connectivity index is 1.67. The van der Waals surface area contributed by atoms with Gasteiger partial charge in [-0.25, -0.2) is 9.78 Å². The number of fused-ring (bicyclic) bond motifs is 1. The monoisotopic (exact) mass is 344 g/mol. The van der Waals surface area contributed by atoms with E-state index in [0.717, 1.165) is 5.56 Å². The minimum absolute atomic E-state index is 0.101. The first-order valence-corrected chi connectivity index (χ1v) is 7.60. The van der Waals surface area contributed by atoms with Crippen LogP contribution < -0.4 is 5.32 Å². The molecule has 1 aliphatic rings. The fourth-order valence-electron chi connectivity index (χ4n) is 2.38. The van der Waals surface area contributed by atoms with Crippen LogP contribution in [0.3, 0.4) is 0 Å². The average molecular weight is 345 g/mol. The van der Waals surface area contributed by atoms with Gasteiger partial charge in [0.05, 0.1) is 11.5 Å². The molecule has 0 unspecified atom stereocenters. The molecule has 1 N–H and O–H groups in total. The minimum atomic E-state index is -0.654. The molecule has 1 aliphatic heterocycles. The fraction of sp³-hybridized carbons (Fsp3) is 0.176. The number of esters is 1. The summed E-state index contributed by atoms with van der Waals surface area (Å²) in [7, 11) is 0. The van der Waals surface area contributed by atoms with E-state index in [4.69, 9.17) is 16.3 Å². The SMILES string of the molecule is C[C@H]1C(=O)Nc2ccc(C(=O)COC(=O)c3ccc(Cl)nc3)cc21. The van der Waals surface area contributed by atoms with Gasteiger partial charge in [0.15, 0.2) is 12.4 Å². The highest BCUT2D eigenvalue weighted by molar-refractivity contribution is 6.29. The van der Waals surface area contributed by atoms with Crippen LogP contribution in [0.15, 0.2) is 36.5 Å². The number of halogens is 1. The standard InChI is InChI=1S/C17H13ClN2O4/c1-9-12-6-10(2-4-13(12)20-16(9)22)14(21)8-24-17(23)11-3-5-15(18)19-7-11/h2-7,9H,8H2,1H3,(H,20,22)/t9-/m1/s1. The number of nitrogens with zero attached hydrogens (tertiary/aromatic N) is 1. The number of ether oxygens (including phenoxy) is 1. The molecule has 1 aromatic heterocycles. The highest BCUT2D eigenvalue weighted by Gasteiger charge is 2.27. The molecule has 0 saturated carbocycles. The molecule has 0 saturated heterocycles. The first-order valence-electron chi connectivity index (χ1n) is 7.22. The molecule has 0 radical (unpaired) electrons. The number of ketones is 1. The second-order valence-electron chi connectivity index (χ2n) is 5.38. The summed E-state index contributed by atoms with van der Waals surface area (Å²) in [5.41, 5.74) is 2.07. The van der Waals surface area contributed by atoms with Crippen molar-refractivity contribution in [3.63, 3.8) is 0 Å². The van der Waals surface area contributed by atoms with Crippen LogP contribution in [0.25, 0.3) is 0 Å². The molecule has 24 heavy (non-hydrogen) atoms. The van der Waals surface area contributed by atoms with E-state index in [-0.39, 0.29) is 28.3 Å². The number of anilines is 1. The van der Waals surface area contributed by atoms with Gasteiger partial charge in [-0.05, 0) is 42.8 Å². The quantitative estimate of drug-likeness (QED) is 0.523. The molecule has 2 aromatic rings. The highest BCUT2D eigenvalue weighted by Crippen LogP contribution is 2.32. The number of hydrogen-bond acceptors (Lipinski definition) is 5. The molecule has 0 fully saturated rings. The maximum Gasteiger partial charge on any atom is 0.340 e. The number of Topliss-reactive ketones (excluding diaryl/α,β-unsaturated/α-hetero) is 1. The molecule has 1 aromatic carbocycles. The van der Waals surface area contributed by atoms with E-state index in [1.165, 1.54) is 18.3 Å². The van der Waals surface area contributed by atoms with E-state index < -0.39 is 12.6 Å². The van der Waals surface area contributed by atoms with Gasteiger partial charge in [0.1, 0.15) is 5.15 Å². The van der Waals surface area contributed by atoms with Crippen molar-refractivity contribution in [2.45, 2.75) is 12.8 Å². The van der Waals surface area contributed by atoms with Crippen LogP contribution in [0.4, 0.5) is 5.69 Å². The van der Waals surface area contributed by atoms with Crippen LogP contribution in [0, 0.1) is 0 Å². The van der Waals surface area contributed by atoms with Gasteiger partial charge in [-0.2, -0.15) is 0 Å². The lowest BCUT2D eigenvalue weighted by atomic mass is 9.99. The zero-order chi connectivity index (χ0) is 17.3. The van der Waals surface area contributed by atoms with Crippen molar-refractivity contribution in [2.75, 3.05) is 11.9 Å². The average Bonchev–Trinajstić information content (AvgIpc) is 2.87. The molecule has 6 nitrogen and oxygen atoms in total. The van der Waals surface area contributed by atoms with Gasteiger partial charge < -0.3 is 10.1 Å². The second kappa shape index (κ2) is 6.41. The number of nitrogens with one attached hydrogen (secondary N) is 1. The molecule has 1 atom stereocenters. The molecule has 0 aliphatic carbocycles. The Kier molecular flexibility index (Phi) is 4.31. The van der Waals surface area contributed by atoms with Crippen molar-refractivity contribution in [1.82, 2.24) is 4.98 Å². The smallest absolute Gasteiger partial charge is 0.340 e. The third-order valence-corrected chi connectivity index (χ3v) is 4.01. The summed E-state index contributed by atoms with van der Waals surface area (Å²) in [6.45, 7) is 1.37. The predicted molar refractivity (Wildman–Crippen MR) is 87.3 cm³/mol. The summed E-state index contributed by atoms with van der Waals surface area (Å²) in [5, 5.41) is 3.00. The van der Waals surface area contributed by atoms with Gasteiger partial charge >= 0.3 is 5.97 Å². The Morgan fingerprint density at radius 3 is 2.71 bits per heavy atom. The molecular formula is C17H13ClN2O4. The first-order chi connectivity index (χ1) is 11.5. The lowest BCUT2D eigenvalue weighted by Crippen LogP contribution is -2.14. The maximum absolute atomic E-state index is 12.2. The second-order valence-corrected chi connectivity index (χ2v) is 5.77. The van der Waals surface area contributed by atoms with Gasteiger partial charge in [0, 0.05) is 17.4 Å². The normalized spacial score (nSPS) is 15.6. The maximum atomic E-state index is 12.2. The largest absolute Gasteiger partial charge is 0.454 e. The zero-order valence-electron chi connectivity index (χ0n) is 12.7. The fourth-order valence-corrected chi connectivity index (χ4v) is 2.50. The van der Waals surface area contributed by atoms with Crippen LogP contribution in [-0.2, 0) is 9.53 Å².